The van der Waals surface area contributed by atoms with E-state index in [9.17, 15) is 9.59 Å². The van der Waals surface area contributed by atoms with E-state index in [4.69, 9.17) is 0 Å². The van der Waals surface area contributed by atoms with Crippen LogP contribution in [0.15, 0.2) is 37.9 Å². The van der Waals surface area contributed by atoms with Crippen LogP contribution in [0.3, 0.4) is 0 Å². The fourth-order valence-corrected chi connectivity index (χ4v) is 4.84. The summed E-state index contributed by atoms with van der Waals surface area (Å²) in [4.78, 5) is 25.7. The Balaban J connectivity index is 1.94. The normalized spacial score (nSPS) is 14.1. The SMILES string of the molecule is O=C1c2ccccc2C(=O)N1Cc1cc(Br)sc1Br. The predicted molar refractivity (Wildman–Crippen MR) is 80.4 cm³/mol. The number of hydrogen-bond acceptors (Lipinski definition) is 3. The Morgan fingerprint density at radius 1 is 1.05 bits per heavy atom. The average Bonchev–Trinajstić information content (AvgIpc) is 2.83. The number of thiophene rings is 1. The molecule has 19 heavy (non-hydrogen) atoms. The molecule has 2 amide bonds. The summed E-state index contributed by atoms with van der Waals surface area (Å²) >= 11 is 8.35. The highest BCUT2D eigenvalue weighted by molar-refractivity contribution is 9.12. The van der Waals surface area contributed by atoms with E-state index >= 15 is 0 Å². The van der Waals surface area contributed by atoms with Gasteiger partial charge in [-0.05, 0) is 55.6 Å². The molecule has 0 unspecified atom stereocenters. The minimum atomic E-state index is -0.227. The smallest absolute Gasteiger partial charge is 0.261 e. The van der Waals surface area contributed by atoms with Crippen LogP contribution < -0.4 is 0 Å². The van der Waals surface area contributed by atoms with Gasteiger partial charge in [0, 0.05) is 0 Å². The third-order valence-corrected chi connectivity index (χ3v) is 5.40. The van der Waals surface area contributed by atoms with Crippen molar-refractivity contribution in [2.75, 3.05) is 0 Å². The van der Waals surface area contributed by atoms with Crippen LogP contribution in [0, 0.1) is 0 Å². The number of imide groups is 1. The number of hydrogen-bond donors (Lipinski definition) is 0. The van der Waals surface area contributed by atoms with E-state index in [-0.39, 0.29) is 18.4 Å². The largest absolute Gasteiger partial charge is 0.270 e. The van der Waals surface area contributed by atoms with Gasteiger partial charge in [-0.25, -0.2) is 0 Å². The van der Waals surface area contributed by atoms with Crippen molar-refractivity contribution in [2.45, 2.75) is 6.54 Å². The quantitative estimate of drug-likeness (QED) is 0.712. The summed E-state index contributed by atoms with van der Waals surface area (Å²) < 4.78 is 1.89. The fraction of sp³-hybridized carbons (Fsp3) is 0.0769. The topological polar surface area (TPSA) is 37.4 Å². The summed E-state index contributed by atoms with van der Waals surface area (Å²) in [6.45, 7) is 0.287. The van der Waals surface area contributed by atoms with E-state index in [1.807, 2.05) is 6.07 Å². The Bertz CT molecular complexity index is 661. The number of nitrogens with zero attached hydrogens (tertiary/aromatic N) is 1. The minimum Gasteiger partial charge on any atom is -0.270 e. The second-order valence-corrected chi connectivity index (χ2v) is 7.84. The Morgan fingerprint density at radius 2 is 1.63 bits per heavy atom. The highest BCUT2D eigenvalue weighted by atomic mass is 79.9. The Labute approximate surface area is 130 Å². The minimum absolute atomic E-state index is 0.227. The van der Waals surface area contributed by atoms with Crippen molar-refractivity contribution in [3.05, 3.63) is 54.6 Å². The first-order chi connectivity index (χ1) is 9.08. The van der Waals surface area contributed by atoms with Crippen molar-refractivity contribution in [3.63, 3.8) is 0 Å². The monoisotopic (exact) mass is 399 g/mol. The molecule has 2 heterocycles. The van der Waals surface area contributed by atoms with E-state index in [1.165, 1.54) is 16.2 Å². The number of fused-ring (bicyclic) bond motifs is 1. The van der Waals surface area contributed by atoms with E-state index in [2.05, 4.69) is 31.9 Å². The maximum absolute atomic E-state index is 12.2. The first-order valence-electron chi connectivity index (χ1n) is 5.47. The number of halogens is 2. The third kappa shape index (κ3) is 2.17. The van der Waals surface area contributed by atoms with Crippen molar-refractivity contribution in [1.82, 2.24) is 4.90 Å². The molecule has 0 saturated carbocycles. The Morgan fingerprint density at radius 3 is 2.11 bits per heavy atom. The number of benzene rings is 1. The maximum Gasteiger partial charge on any atom is 0.261 e. The number of rotatable bonds is 2. The van der Waals surface area contributed by atoms with Gasteiger partial charge >= 0.3 is 0 Å². The van der Waals surface area contributed by atoms with Gasteiger partial charge in [-0.2, -0.15) is 0 Å². The molecule has 0 saturated heterocycles. The van der Waals surface area contributed by atoms with Crippen LogP contribution in [-0.2, 0) is 6.54 Å². The Kier molecular flexibility index (Phi) is 3.32. The fourth-order valence-electron chi connectivity index (χ4n) is 2.04. The zero-order chi connectivity index (χ0) is 13.6. The number of carbonyl (C=O) groups is 2. The van der Waals surface area contributed by atoms with Crippen LogP contribution in [0.5, 0.6) is 0 Å². The van der Waals surface area contributed by atoms with Gasteiger partial charge in [0.05, 0.1) is 25.2 Å². The van der Waals surface area contributed by atoms with Gasteiger partial charge in [0.2, 0.25) is 0 Å². The average molecular weight is 401 g/mol. The molecular weight excluding hydrogens is 394 g/mol. The van der Waals surface area contributed by atoms with Gasteiger partial charge in [-0.1, -0.05) is 12.1 Å². The lowest BCUT2D eigenvalue weighted by Crippen LogP contribution is -2.29. The molecule has 1 aliphatic rings. The van der Waals surface area contributed by atoms with Gasteiger partial charge in [-0.3, -0.25) is 14.5 Å². The lowest BCUT2D eigenvalue weighted by Gasteiger charge is -2.12. The summed E-state index contributed by atoms with van der Waals surface area (Å²) in [5, 5.41) is 0. The third-order valence-electron chi connectivity index (χ3n) is 2.93. The van der Waals surface area contributed by atoms with E-state index in [1.54, 1.807) is 24.3 Å². The molecular formula is C13H7Br2NO2S. The van der Waals surface area contributed by atoms with Gasteiger partial charge < -0.3 is 0 Å². The first-order valence-corrected chi connectivity index (χ1v) is 7.87. The van der Waals surface area contributed by atoms with Crippen LogP contribution in [0.2, 0.25) is 0 Å². The number of carbonyl (C=O) groups excluding carboxylic acids is 2. The van der Waals surface area contributed by atoms with Gasteiger partial charge in [0.1, 0.15) is 0 Å². The van der Waals surface area contributed by atoms with Crippen molar-refractivity contribution in [2.24, 2.45) is 0 Å². The lowest BCUT2D eigenvalue weighted by molar-refractivity contribution is 0.0642. The molecule has 0 N–H and O–H groups in total. The zero-order valence-electron chi connectivity index (χ0n) is 9.52. The van der Waals surface area contributed by atoms with Gasteiger partial charge in [0.15, 0.2) is 0 Å². The summed E-state index contributed by atoms with van der Waals surface area (Å²) in [5.74, 6) is -0.454. The molecule has 2 aromatic rings. The molecule has 3 rings (SSSR count). The summed E-state index contributed by atoms with van der Waals surface area (Å²) in [6, 6.07) is 8.83. The van der Waals surface area contributed by atoms with Gasteiger partial charge in [0.25, 0.3) is 11.8 Å². The van der Waals surface area contributed by atoms with Crippen molar-refractivity contribution >= 4 is 55.0 Å². The lowest BCUT2D eigenvalue weighted by atomic mass is 10.1. The standard InChI is InChI=1S/C13H7Br2NO2S/c14-10-5-7(11(15)19-10)6-16-12(17)8-3-1-2-4-9(8)13(16)18/h1-5H,6H2. The van der Waals surface area contributed by atoms with Crippen LogP contribution in [0.25, 0.3) is 0 Å². The second-order valence-electron chi connectivity index (χ2n) is 4.09. The molecule has 1 aromatic carbocycles. The molecule has 6 heteroatoms. The highest BCUT2D eigenvalue weighted by Crippen LogP contribution is 2.34. The number of amides is 2. The van der Waals surface area contributed by atoms with E-state index in [0.717, 1.165) is 13.1 Å². The maximum atomic E-state index is 12.2. The second kappa shape index (κ2) is 4.85. The molecule has 0 aliphatic carbocycles. The zero-order valence-corrected chi connectivity index (χ0v) is 13.5. The Hall–Kier alpha value is -0.980. The molecule has 0 radical (unpaired) electrons. The highest BCUT2D eigenvalue weighted by Gasteiger charge is 2.35. The van der Waals surface area contributed by atoms with Gasteiger partial charge in [-0.15, -0.1) is 11.3 Å². The summed E-state index contributed by atoms with van der Waals surface area (Å²) in [7, 11) is 0. The van der Waals surface area contributed by atoms with E-state index < -0.39 is 0 Å². The molecule has 0 atom stereocenters. The van der Waals surface area contributed by atoms with Crippen LogP contribution >= 0.6 is 43.2 Å². The molecule has 0 bridgehead atoms. The summed E-state index contributed by atoms with van der Waals surface area (Å²) in [5.41, 5.74) is 1.89. The van der Waals surface area contributed by atoms with Crippen LogP contribution in [0.4, 0.5) is 0 Å². The molecule has 96 valence electrons. The molecule has 0 fully saturated rings. The van der Waals surface area contributed by atoms with E-state index in [0.29, 0.717) is 11.1 Å². The van der Waals surface area contributed by atoms with Crippen molar-refractivity contribution < 1.29 is 9.59 Å². The molecule has 0 spiro atoms. The predicted octanol–water partition coefficient (Wildman–Crippen LogP) is 4.07. The first kappa shape index (κ1) is 13.0. The molecule has 1 aromatic heterocycles. The summed E-state index contributed by atoms with van der Waals surface area (Å²) in [6.07, 6.45) is 0. The van der Waals surface area contributed by atoms with Crippen LogP contribution in [-0.4, -0.2) is 16.7 Å². The van der Waals surface area contributed by atoms with Crippen molar-refractivity contribution in [1.29, 1.82) is 0 Å². The molecule has 3 nitrogen and oxygen atoms in total. The van der Waals surface area contributed by atoms with Crippen LogP contribution in [0.1, 0.15) is 26.3 Å². The molecule has 1 aliphatic heterocycles. The van der Waals surface area contributed by atoms with Crippen molar-refractivity contribution in [3.8, 4) is 0 Å².